The molecule has 11 heavy (non-hydrogen) atoms. The molecule has 0 atom stereocenters. The highest BCUT2D eigenvalue weighted by atomic mass is 35.5. The quantitative estimate of drug-likeness (QED) is 0.654. The van der Waals surface area contributed by atoms with E-state index in [0.717, 1.165) is 5.92 Å². The Balaban J connectivity index is -0.000000320. The van der Waals surface area contributed by atoms with Gasteiger partial charge < -0.3 is 6.15 Å². The highest BCUT2D eigenvalue weighted by Gasteiger charge is 1.90. The number of allylic oxidation sites excluding steroid dienone is 2. The van der Waals surface area contributed by atoms with Crippen molar-refractivity contribution in [2.24, 2.45) is 5.92 Å². The zero-order valence-electron chi connectivity index (χ0n) is 8.18. The molecule has 0 unspecified atom stereocenters. The summed E-state index contributed by atoms with van der Waals surface area (Å²) in [5.74, 6) is 0.722. The van der Waals surface area contributed by atoms with Crippen LogP contribution in [0.5, 0.6) is 0 Å². The standard InChI is InChI=1S/C9H18.ClH.H3N/c1-5-9(6-2)7-8(3)4;;/h7-8H,5-6H2,1-4H3;1H;1H3. The Bertz CT molecular complexity index is 91.7. The van der Waals surface area contributed by atoms with E-state index in [1.165, 1.54) is 12.8 Å². The SMILES string of the molecule is CCC(=CC(C)C)CC.Cl.N. The molecule has 0 fully saturated rings. The summed E-state index contributed by atoms with van der Waals surface area (Å²) in [5.41, 5.74) is 1.59. The van der Waals surface area contributed by atoms with Crippen LogP contribution < -0.4 is 6.15 Å². The van der Waals surface area contributed by atoms with E-state index in [2.05, 4.69) is 33.8 Å². The summed E-state index contributed by atoms with van der Waals surface area (Å²) in [6.07, 6.45) is 4.80. The van der Waals surface area contributed by atoms with Crippen LogP contribution in [-0.2, 0) is 0 Å². The molecule has 0 aliphatic rings. The zero-order valence-corrected chi connectivity index (χ0v) is 9.00. The normalized spacial score (nSPS) is 8.09. The molecule has 70 valence electrons. The van der Waals surface area contributed by atoms with Gasteiger partial charge in [-0.05, 0) is 18.8 Å². The number of halogens is 1. The fourth-order valence-corrected chi connectivity index (χ4v) is 0.957. The molecule has 0 saturated heterocycles. The van der Waals surface area contributed by atoms with Crippen LogP contribution in [0.25, 0.3) is 0 Å². The summed E-state index contributed by atoms with van der Waals surface area (Å²) in [6, 6.07) is 0. The Kier molecular flexibility index (Phi) is 15.6. The first kappa shape index (κ1) is 17.2. The molecular formula is C9H22ClN. The van der Waals surface area contributed by atoms with Crippen molar-refractivity contribution in [3.63, 3.8) is 0 Å². The lowest BCUT2D eigenvalue weighted by molar-refractivity contribution is 0.800. The van der Waals surface area contributed by atoms with Crippen LogP contribution in [0.15, 0.2) is 11.6 Å². The minimum Gasteiger partial charge on any atom is -0.344 e. The topological polar surface area (TPSA) is 35.0 Å². The van der Waals surface area contributed by atoms with Crippen molar-refractivity contribution in [1.29, 1.82) is 0 Å². The van der Waals surface area contributed by atoms with Crippen molar-refractivity contribution >= 4 is 12.4 Å². The van der Waals surface area contributed by atoms with E-state index >= 15 is 0 Å². The third kappa shape index (κ3) is 9.99. The first-order valence-corrected chi connectivity index (χ1v) is 3.90. The molecule has 0 saturated carbocycles. The van der Waals surface area contributed by atoms with E-state index in [1.54, 1.807) is 5.57 Å². The Labute approximate surface area is 77.3 Å². The lowest BCUT2D eigenvalue weighted by Crippen LogP contribution is -1.84. The Hall–Kier alpha value is -0.0100. The average molecular weight is 180 g/mol. The molecule has 0 bridgehead atoms. The lowest BCUT2D eigenvalue weighted by atomic mass is 10.1. The van der Waals surface area contributed by atoms with Gasteiger partial charge >= 0.3 is 0 Å². The second-order valence-corrected chi connectivity index (χ2v) is 2.78. The second-order valence-electron chi connectivity index (χ2n) is 2.78. The van der Waals surface area contributed by atoms with E-state index in [1.807, 2.05) is 0 Å². The monoisotopic (exact) mass is 179 g/mol. The van der Waals surface area contributed by atoms with E-state index < -0.39 is 0 Å². The van der Waals surface area contributed by atoms with Gasteiger partial charge in [-0.1, -0.05) is 39.3 Å². The van der Waals surface area contributed by atoms with Crippen molar-refractivity contribution in [1.82, 2.24) is 6.15 Å². The van der Waals surface area contributed by atoms with Crippen LogP contribution in [-0.4, -0.2) is 0 Å². The first-order chi connectivity index (χ1) is 4.20. The smallest absolute Gasteiger partial charge is 0.0288 e. The van der Waals surface area contributed by atoms with Gasteiger partial charge in [0, 0.05) is 0 Å². The second kappa shape index (κ2) is 9.99. The maximum absolute atomic E-state index is 2.36. The number of hydrogen-bond donors (Lipinski definition) is 1. The maximum Gasteiger partial charge on any atom is -0.0288 e. The van der Waals surface area contributed by atoms with Gasteiger partial charge in [0.05, 0.1) is 0 Å². The molecular weight excluding hydrogens is 158 g/mol. The summed E-state index contributed by atoms with van der Waals surface area (Å²) in [7, 11) is 0. The Morgan fingerprint density at radius 2 is 1.55 bits per heavy atom. The van der Waals surface area contributed by atoms with Gasteiger partial charge in [-0.15, -0.1) is 12.4 Å². The predicted molar refractivity (Wildman–Crippen MR) is 55.8 cm³/mol. The highest BCUT2D eigenvalue weighted by Crippen LogP contribution is 2.08. The van der Waals surface area contributed by atoms with Crippen LogP contribution in [0.1, 0.15) is 40.5 Å². The van der Waals surface area contributed by atoms with E-state index in [4.69, 9.17) is 0 Å². The molecule has 0 aromatic carbocycles. The molecule has 0 heterocycles. The van der Waals surface area contributed by atoms with Crippen LogP contribution in [0, 0.1) is 5.92 Å². The summed E-state index contributed by atoms with van der Waals surface area (Å²) < 4.78 is 0. The fourth-order valence-electron chi connectivity index (χ4n) is 0.957. The molecule has 2 heteroatoms. The van der Waals surface area contributed by atoms with Crippen LogP contribution in [0.4, 0.5) is 0 Å². The molecule has 0 spiro atoms. The zero-order chi connectivity index (χ0) is 7.28. The highest BCUT2D eigenvalue weighted by molar-refractivity contribution is 5.85. The summed E-state index contributed by atoms with van der Waals surface area (Å²) in [5, 5.41) is 0. The van der Waals surface area contributed by atoms with E-state index in [9.17, 15) is 0 Å². The summed E-state index contributed by atoms with van der Waals surface area (Å²) >= 11 is 0. The van der Waals surface area contributed by atoms with Gasteiger partial charge in [0.25, 0.3) is 0 Å². The van der Waals surface area contributed by atoms with Crippen molar-refractivity contribution < 1.29 is 0 Å². The summed E-state index contributed by atoms with van der Waals surface area (Å²) in [4.78, 5) is 0. The van der Waals surface area contributed by atoms with Gasteiger partial charge in [-0.25, -0.2) is 0 Å². The third-order valence-electron chi connectivity index (χ3n) is 1.48. The molecule has 0 rings (SSSR count). The summed E-state index contributed by atoms with van der Waals surface area (Å²) in [6.45, 7) is 8.89. The number of hydrogen-bond acceptors (Lipinski definition) is 1. The van der Waals surface area contributed by atoms with Gasteiger partial charge in [-0.2, -0.15) is 0 Å². The molecule has 0 aliphatic carbocycles. The number of rotatable bonds is 3. The lowest BCUT2D eigenvalue weighted by Gasteiger charge is -2.01. The van der Waals surface area contributed by atoms with Crippen LogP contribution in [0.2, 0.25) is 0 Å². The maximum atomic E-state index is 2.36. The van der Waals surface area contributed by atoms with Crippen molar-refractivity contribution in [2.45, 2.75) is 40.5 Å². The molecule has 1 nitrogen and oxygen atoms in total. The Morgan fingerprint density at radius 3 is 1.64 bits per heavy atom. The van der Waals surface area contributed by atoms with E-state index in [0.29, 0.717) is 0 Å². The third-order valence-corrected chi connectivity index (χ3v) is 1.48. The van der Waals surface area contributed by atoms with Crippen molar-refractivity contribution in [2.75, 3.05) is 0 Å². The minimum absolute atomic E-state index is 0. The molecule has 0 aromatic rings. The fraction of sp³-hybridized carbons (Fsp3) is 0.778. The van der Waals surface area contributed by atoms with Crippen molar-refractivity contribution in [3.8, 4) is 0 Å². The van der Waals surface area contributed by atoms with Gasteiger partial charge in [-0.3, -0.25) is 0 Å². The van der Waals surface area contributed by atoms with Crippen molar-refractivity contribution in [3.05, 3.63) is 11.6 Å². The minimum atomic E-state index is 0. The average Bonchev–Trinajstić information content (AvgIpc) is 1.82. The van der Waals surface area contributed by atoms with Gasteiger partial charge in [0.2, 0.25) is 0 Å². The largest absolute Gasteiger partial charge is 0.344 e. The van der Waals surface area contributed by atoms with Crippen LogP contribution >= 0.6 is 12.4 Å². The van der Waals surface area contributed by atoms with Crippen LogP contribution in [0.3, 0.4) is 0 Å². The first-order valence-electron chi connectivity index (χ1n) is 3.90. The van der Waals surface area contributed by atoms with Gasteiger partial charge in [0.15, 0.2) is 0 Å². The predicted octanol–water partition coefficient (Wildman–Crippen LogP) is 3.97. The molecule has 0 aromatic heterocycles. The van der Waals surface area contributed by atoms with E-state index in [-0.39, 0.29) is 18.6 Å². The molecule has 0 radical (unpaired) electrons. The van der Waals surface area contributed by atoms with Gasteiger partial charge in [0.1, 0.15) is 0 Å². The molecule has 0 aliphatic heterocycles. The molecule has 0 amide bonds. The molecule has 3 N–H and O–H groups in total. The Morgan fingerprint density at radius 1 is 1.18 bits per heavy atom.